The maximum absolute atomic E-state index is 11.9. The van der Waals surface area contributed by atoms with E-state index in [1.165, 1.54) is 0 Å². The third-order valence-corrected chi connectivity index (χ3v) is 2.86. The summed E-state index contributed by atoms with van der Waals surface area (Å²) in [5, 5.41) is 0. The molecule has 0 aromatic heterocycles. The smallest absolute Gasteiger partial charge is 0.250 e. The number of rotatable bonds is 4. The maximum Gasteiger partial charge on any atom is 0.250 e. The molecule has 21 heavy (non-hydrogen) atoms. The Balaban J connectivity index is 0.00000220. The van der Waals surface area contributed by atoms with Gasteiger partial charge in [0, 0.05) is 19.3 Å². The van der Waals surface area contributed by atoms with Crippen LogP contribution in [0.2, 0.25) is 0 Å². The SMILES string of the molecule is CN(/C=C\c1ccccc1)C(=O)/C=C/c1ccccc1.O. The van der Waals surface area contributed by atoms with Crippen molar-refractivity contribution >= 4 is 18.1 Å². The second-order valence-electron chi connectivity index (χ2n) is 4.42. The lowest BCUT2D eigenvalue weighted by molar-refractivity contribution is -0.122. The molecule has 0 unspecified atom stereocenters. The Bertz CT molecular complexity index is 604. The van der Waals surface area contributed by atoms with Crippen molar-refractivity contribution in [1.29, 1.82) is 0 Å². The Morgan fingerprint density at radius 1 is 0.857 bits per heavy atom. The molecule has 0 fully saturated rings. The van der Waals surface area contributed by atoms with Crippen molar-refractivity contribution in [3.63, 3.8) is 0 Å². The number of hydrogen-bond acceptors (Lipinski definition) is 1. The van der Waals surface area contributed by atoms with E-state index in [2.05, 4.69) is 0 Å². The standard InChI is InChI=1S/C18H17NO.H2O/c1-19(15-14-17-10-6-3-7-11-17)18(20)13-12-16-8-4-2-5-9-16;/h2-15H,1H3;1H2/b13-12+,15-14-;. The van der Waals surface area contributed by atoms with Gasteiger partial charge in [-0.2, -0.15) is 0 Å². The zero-order valence-electron chi connectivity index (χ0n) is 11.9. The van der Waals surface area contributed by atoms with Gasteiger partial charge >= 0.3 is 0 Å². The molecular formula is C18H19NO2. The molecule has 0 saturated heterocycles. The normalized spacial score (nSPS) is 10.5. The lowest BCUT2D eigenvalue weighted by Crippen LogP contribution is -2.17. The molecule has 0 radical (unpaired) electrons. The van der Waals surface area contributed by atoms with Gasteiger partial charge in [0.2, 0.25) is 5.91 Å². The molecule has 0 aliphatic heterocycles. The van der Waals surface area contributed by atoms with Crippen molar-refractivity contribution < 1.29 is 10.3 Å². The molecule has 0 atom stereocenters. The Morgan fingerprint density at radius 3 is 1.86 bits per heavy atom. The quantitative estimate of drug-likeness (QED) is 0.795. The van der Waals surface area contributed by atoms with Gasteiger partial charge in [-0.15, -0.1) is 0 Å². The van der Waals surface area contributed by atoms with Gasteiger partial charge in [0.1, 0.15) is 0 Å². The lowest BCUT2D eigenvalue weighted by Gasteiger charge is -2.08. The van der Waals surface area contributed by atoms with Gasteiger partial charge in [0.15, 0.2) is 0 Å². The molecule has 2 aromatic carbocycles. The van der Waals surface area contributed by atoms with Crippen LogP contribution in [0, 0.1) is 0 Å². The summed E-state index contributed by atoms with van der Waals surface area (Å²) < 4.78 is 0. The van der Waals surface area contributed by atoms with Gasteiger partial charge in [-0.3, -0.25) is 4.79 Å². The number of carbonyl (C=O) groups is 1. The molecule has 108 valence electrons. The summed E-state index contributed by atoms with van der Waals surface area (Å²) in [4.78, 5) is 13.5. The summed E-state index contributed by atoms with van der Waals surface area (Å²) in [7, 11) is 1.75. The Kier molecular flexibility index (Phi) is 6.65. The van der Waals surface area contributed by atoms with Gasteiger partial charge in [-0.1, -0.05) is 60.7 Å². The molecule has 3 heteroatoms. The van der Waals surface area contributed by atoms with E-state index in [1.54, 1.807) is 24.2 Å². The highest BCUT2D eigenvalue weighted by Crippen LogP contribution is 2.04. The molecule has 1 amide bonds. The fourth-order valence-corrected chi connectivity index (χ4v) is 1.68. The predicted molar refractivity (Wildman–Crippen MR) is 87.3 cm³/mol. The monoisotopic (exact) mass is 281 g/mol. The van der Waals surface area contributed by atoms with E-state index in [0.717, 1.165) is 11.1 Å². The van der Waals surface area contributed by atoms with Crippen molar-refractivity contribution in [3.05, 3.63) is 84.1 Å². The van der Waals surface area contributed by atoms with Crippen molar-refractivity contribution in [2.24, 2.45) is 0 Å². The summed E-state index contributed by atoms with van der Waals surface area (Å²) >= 11 is 0. The topological polar surface area (TPSA) is 51.8 Å². The number of amides is 1. The minimum absolute atomic E-state index is 0. The van der Waals surface area contributed by atoms with Crippen LogP contribution in [0.1, 0.15) is 11.1 Å². The first-order valence-corrected chi connectivity index (χ1v) is 6.49. The van der Waals surface area contributed by atoms with E-state index in [1.807, 2.05) is 72.8 Å². The molecule has 2 N–H and O–H groups in total. The van der Waals surface area contributed by atoms with E-state index in [-0.39, 0.29) is 11.4 Å². The fourth-order valence-electron chi connectivity index (χ4n) is 1.68. The molecule has 3 nitrogen and oxygen atoms in total. The second kappa shape index (κ2) is 8.51. The molecule has 0 heterocycles. The van der Waals surface area contributed by atoms with Crippen molar-refractivity contribution in [3.8, 4) is 0 Å². The minimum atomic E-state index is -0.0546. The first-order valence-electron chi connectivity index (χ1n) is 6.49. The van der Waals surface area contributed by atoms with Gasteiger partial charge in [-0.25, -0.2) is 0 Å². The van der Waals surface area contributed by atoms with E-state index in [0.29, 0.717) is 0 Å². The van der Waals surface area contributed by atoms with Crippen LogP contribution in [0.4, 0.5) is 0 Å². The number of nitrogens with zero attached hydrogens (tertiary/aromatic N) is 1. The van der Waals surface area contributed by atoms with Gasteiger partial charge in [-0.05, 0) is 23.3 Å². The predicted octanol–water partition coefficient (Wildman–Crippen LogP) is 3.00. The summed E-state index contributed by atoms with van der Waals surface area (Å²) in [5.41, 5.74) is 2.08. The van der Waals surface area contributed by atoms with Crippen LogP contribution in [0.3, 0.4) is 0 Å². The summed E-state index contributed by atoms with van der Waals surface area (Å²) in [5.74, 6) is -0.0546. The third-order valence-electron chi connectivity index (χ3n) is 2.86. The number of hydrogen-bond donors (Lipinski definition) is 0. The Hall–Kier alpha value is -2.65. The number of benzene rings is 2. The number of carbonyl (C=O) groups excluding carboxylic acids is 1. The van der Waals surface area contributed by atoms with Crippen LogP contribution in [0.5, 0.6) is 0 Å². The summed E-state index contributed by atoms with van der Waals surface area (Å²) in [6, 6.07) is 19.7. The molecule has 0 aliphatic rings. The van der Waals surface area contributed by atoms with Crippen LogP contribution < -0.4 is 0 Å². The average Bonchev–Trinajstić information content (AvgIpc) is 2.52. The van der Waals surface area contributed by atoms with Crippen LogP contribution in [-0.4, -0.2) is 23.3 Å². The molecule has 0 aliphatic carbocycles. The van der Waals surface area contributed by atoms with Crippen LogP contribution in [0.15, 0.2) is 72.9 Å². The lowest BCUT2D eigenvalue weighted by atomic mass is 10.2. The maximum atomic E-state index is 11.9. The Labute approximate surface area is 125 Å². The largest absolute Gasteiger partial charge is 0.412 e. The zero-order chi connectivity index (χ0) is 14.2. The van der Waals surface area contributed by atoms with Crippen molar-refractivity contribution in [2.75, 3.05) is 7.05 Å². The first kappa shape index (κ1) is 16.4. The van der Waals surface area contributed by atoms with Gasteiger partial charge in [0.25, 0.3) is 0 Å². The summed E-state index contributed by atoms with van der Waals surface area (Å²) in [6.45, 7) is 0. The molecular weight excluding hydrogens is 262 g/mol. The molecule has 2 rings (SSSR count). The van der Waals surface area contributed by atoms with Crippen molar-refractivity contribution in [2.45, 2.75) is 0 Å². The van der Waals surface area contributed by atoms with Gasteiger partial charge < -0.3 is 10.4 Å². The van der Waals surface area contributed by atoms with Crippen LogP contribution in [0.25, 0.3) is 12.2 Å². The third kappa shape index (κ3) is 5.47. The van der Waals surface area contributed by atoms with E-state index in [9.17, 15) is 4.79 Å². The van der Waals surface area contributed by atoms with E-state index >= 15 is 0 Å². The molecule has 0 bridgehead atoms. The van der Waals surface area contributed by atoms with Crippen LogP contribution >= 0.6 is 0 Å². The fraction of sp³-hybridized carbons (Fsp3) is 0.0556. The van der Waals surface area contributed by atoms with Gasteiger partial charge in [0.05, 0.1) is 0 Å². The first-order chi connectivity index (χ1) is 9.75. The zero-order valence-corrected chi connectivity index (χ0v) is 11.9. The highest BCUT2D eigenvalue weighted by molar-refractivity contribution is 5.92. The van der Waals surface area contributed by atoms with Crippen LogP contribution in [-0.2, 0) is 4.79 Å². The highest BCUT2D eigenvalue weighted by Gasteiger charge is 1.99. The van der Waals surface area contributed by atoms with Crippen molar-refractivity contribution in [1.82, 2.24) is 4.90 Å². The highest BCUT2D eigenvalue weighted by atomic mass is 16.2. The minimum Gasteiger partial charge on any atom is -0.412 e. The summed E-state index contributed by atoms with van der Waals surface area (Å²) in [6.07, 6.45) is 7.07. The second-order valence-corrected chi connectivity index (χ2v) is 4.42. The molecule has 0 spiro atoms. The molecule has 2 aromatic rings. The number of likely N-dealkylation sites (N-methyl/N-ethyl adjacent to an activating group) is 1. The van der Waals surface area contributed by atoms with E-state index in [4.69, 9.17) is 0 Å². The molecule has 0 saturated carbocycles. The Morgan fingerprint density at radius 2 is 1.33 bits per heavy atom. The average molecular weight is 281 g/mol. The van der Waals surface area contributed by atoms with E-state index < -0.39 is 0 Å².